The lowest BCUT2D eigenvalue weighted by Gasteiger charge is -2.40. The summed E-state index contributed by atoms with van der Waals surface area (Å²) in [6, 6.07) is 1.99. The number of hydrogen-bond donors (Lipinski definition) is 0. The van der Waals surface area contributed by atoms with Gasteiger partial charge in [0, 0.05) is 17.9 Å². The highest BCUT2D eigenvalue weighted by molar-refractivity contribution is 9.10. The average Bonchev–Trinajstić information content (AvgIpc) is 2.37. The molecule has 0 heterocycles. The number of nitrogens with zero attached hydrogens (tertiary/aromatic N) is 1. The Balaban J connectivity index is 2.23. The first-order valence-corrected chi connectivity index (χ1v) is 7.70. The van der Waals surface area contributed by atoms with Crippen LogP contribution in [0.4, 0.5) is 10.1 Å². The maximum absolute atomic E-state index is 13.2. The second-order valence-electron chi connectivity index (χ2n) is 4.32. The Kier molecular flexibility index (Phi) is 4.98. The number of rotatable bonds is 5. The number of nitro groups is 1. The normalized spacial score (nSPS) is 25.1. The minimum absolute atomic E-state index is 0.0329. The molecule has 0 bridgehead atoms. The molecule has 0 amide bonds. The van der Waals surface area contributed by atoms with Crippen LogP contribution in [0.5, 0.6) is 5.75 Å². The van der Waals surface area contributed by atoms with Gasteiger partial charge in [0.1, 0.15) is 18.0 Å². The molecular formula is C12H12Br2FNO4. The molecule has 3 unspecified atom stereocenters. The first-order chi connectivity index (χ1) is 9.43. The molecule has 1 aromatic rings. The Bertz CT molecular complexity index is 528. The molecule has 0 aliphatic heterocycles. The molecule has 0 spiro atoms. The van der Waals surface area contributed by atoms with Crippen molar-refractivity contribution in [2.75, 3.05) is 6.61 Å². The zero-order valence-corrected chi connectivity index (χ0v) is 13.7. The van der Waals surface area contributed by atoms with Crippen molar-refractivity contribution >= 4 is 37.5 Å². The molecule has 1 aliphatic carbocycles. The molecule has 0 radical (unpaired) electrons. The summed E-state index contributed by atoms with van der Waals surface area (Å²) in [4.78, 5) is 10.5. The molecule has 1 aliphatic rings. The topological polar surface area (TPSA) is 61.6 Å². The number of nitro benzene ring substituents is 1. The van der Waals surface area contributed by atoms with Crippen molar-refractivity contribution in [2.24, 2.45) is 0 Å². The van der Waals surface area contributed by atoms with Gasteiger partial charge in [0.15, 0.2) is 0 Å². The summed E-state index contributed by atoms with van der Waals surface area (Å²) in [7, 11) is 0. The Labute approximate surface area is 131 Å². The second-order valence-corrected chi connectivity index (χ2v) is 6.35. The first kappa shape index (κ1) is 15.7. The van der Waals surface area contributed by atoms with Crippen molar-refractivity contribution < 1.29 is 18.8 Å². The van der Waals surface area contributed by atoms with E-state index in [0.717, 1.165) is 12.1 Å². The fourth-order valence-corrected chi connectivity index (χ4v) is 3.37. The fraction of sp³-hybridized carbons (Fsp3) is 0.500. The molecule has 5 nitrogen and oxygen atoms in total. The van der Waals surface area contributed by atoms with Crippen molar-refractivity contribution in [3.8, 4) is 5.75 Å². The first-order valence-electron chi connectivity index (χ1n) is 5.99. The van der Waals surface area contributed by atoms with E-state index in [1.165, 1.54) is 0 Å². The third-order valence-corrected chi connectivity index (χ3v) is 4.48. The zero-order valence-electron chi connectivity index (χ0n) is 10.5. The summed E-state index contributed by atoms with van der Waals surface area (Å²) < 4.78 is 24.6. The van der Waals surface area contributed by atoms with Gasteiger partial charge in [0.25, 0.3) is 0 Å². The van der Waals surface area contributed by atoms with Crippen molar-refractivity contribution in [1.29, 1.82) is 0 Å². The molecule has 0 N–H and O–H groups in total. The van der Waals surface area contributed by atoms with Crippen molar-refractivity contribution in [1.82, 2.24) is 0 Å². The minimum Gasteiger partial charge on any atom is -0.480 e. The zero-order chi connectivity index (χ0) is 14.9. The van der Waals surface area contributed by atoms with Gasteiger partial charge in [-0.2, -0.15) is 0 Å². The van der Waals surface area contributed by atoms with Gasteiger partial charge in [-0.3, -0.25) is 10.1 Å². The van der Waals surface area contributed by atoms with E-state index < -0.39 is 16.4 Å². The number of alkyl halides is 1. The van der Waals surface area contributed by atoms with E-state index in [0.29, 0.717) is 13.0 Å². The smallest absolute Gasteiger partial charge is 0.315 e. The van der Waals surface area contributed by atoms with E-state index in [1.54, 1.807) is 0 Å². The molecule has 8 heteroatoms. The lowest BCUT2D eigenvalue weighted by atomic mass is 9.91. The van der Waals surface area contributed by atoms with Crippen LogP contribution in [0.3, 0.4) is 0 Å². The Morgan fingerprint density at radius 2 is 2.25 bits per heavy atom. The Morgan fingerprint density at radius 1 is 1.55 bits per heavy atom. The molecule has 2 rings (SSSR count). The molecular weight excluding hydrogens is 401 g/mol. The standard InChI is InChI=1S/C12H12Br2FNO4/c1-2-19-12-8(14)5-10(12)20-11-7(13)3-6(15)4-9(11)16(17)18/h3-4,8,10,12H,2,5H2,1H3. The third kappa shape index (κ3) is 3.12. The minimum atomic E-state index is -0.690. The number of ether oxygens (including phenoxy) is 2. The van der Waals surface area contributed by atoms with Gasteiger partial charge in [-0.1, -0.05) is 15.9 Å². The van der Waals surface area contributed by atoms with Crippen LogP contribution in [-0.2, 0) is 4.74 Å². The van der Waals surface area contributed by atoms with Gasteiger partial charge in [0.05, 0.1) is 15.5 Å². The van der Waals surface area contributed by atoms with Gasteiger partial charge in [-0.05, 0) is 28.9 Å². The summed E-state index contributed by atoms with van der Waals surface area (Å²) in [5.74, 6) is -0.658. The average molecular weight is 413 g/mol. The third-order valence-electron chi connectivity index (χ3n) is 2.99. The predicted octanol–water partition coefficient (Wildman–Crippen LogP) is 3.82. The highest BCUT2D eigenvalue weighted by Crippen LogP contribution is 2.41. The predicted molar refractivity (Wildman–Crippen MR) is 77.9 cm³/mol. The number of halogens is 3. The molecule has 3 atom stereocenters. The maximum atomic E-state index is 13.2. The van der Waals surface area contributed by atoms with Gasteiger partial charge in [-0.15, -0.1) is 0 Å². The van der Waals surface area contributed by atoms with Crippen LogP contribution in [0.15, 0.2) is 16.6 Å². The highest BCUT2D eigenvalue weighted by Gasteiger charge is 2.43. The van der Waals surface area contributed by atoms with Crippen LogP contribution < -0.4 is 4.74 Å². The van der Waals surface area contributed by atoms with Crippen LogP contribution in [0.2, 0.25) is 0 Å². The molecule has 1 fully saturated rings. The van der Waals surface area contributed by atoms with Gasteiger partial charge >= 0.3 is 5.69 Å². The molecule has 1 saturated carbocycles. The van der Waals surface area contributed by atoms with Crippen molar-refractivity contribution in [3.05, 3.63) is 32.5 Å². The molecule has 1 aromatic carbocycles. The summed E-state index contributed by atoms with van der Waals surface area (Å²) in [6.07, 6.45) is 0.211. The van der Waals surface area contributed by atoms with Gasteiger partial charge in [-0.25, -0.2) is 4.39 Å². The van der Waals surface area contributed by atoms with Crippen LogP contribution in [0, 0.1) is 15.9 Å². The Morgan fingerprint density at radius 3 is 2.80 bits per heavy atom. The quantitative estimate of drug-likeness (QED) is 0.419. The molecule has 0 saturated heterocycles. The van der Waals surface area contributed by atoms with Crippen molar-refractivity contribution in [2.45, 2.75) is 30.4 Å². The molecule has 20 heavy (non-hydrogen) atoms. The summed E-state index contributed by atoms with van der Waals surface area (Å²) in [5.41, 5.74) is -0.398. The summed E-state index contributed by atoms with van der Waals surface area (Å²) in [5, 5.41) is 11.0. The maximum Gasteiger partial charge on any atom is 0.315 e. The lowest BCUT2D eigenvalue weighted by molar-refractivity contribution is -0.386. The summed E-state index contributed by atoms with van der Waals surface area (Å²) >= 11 is 6.55. The fourth-order valence-electron chi connectivity index (χ4n) is 2.00. The number of benzene rings is 1. The van der Waals surface area contributed by atoms with E-state index in [4.69, 9.17) is 9.47 Å². The molecule has 110 valence electrons. The van der Waals surface area contributed by atoms with E-state index >= 15 is 0 Å². The van der Waals surface area contributed by atoms with E-state index in [1.807, 2.05) is 6.92 Å². The van der Waals surface area contributed by atoms with Crippen LogP contribution >= 0.6 is 31.9 Å². The monoisotopic (exact) mass is 411 g/mol. The van der Waals surface area contributed by atoms with Crippen molar-refractivity contribution in [3.63, 3.8) is 0 Å². The van der Waals surface area contributed by atoms with E-state index in [-0.39, 0.29) is 27.3 Å². The van der Waals surface area contributed by atoms with Crippen LogP contribution in [0.1, 0.15) is 13.3 Å². The van der Waals surface area contributed by atoms with E-state index in [9.17, 15) is 14.5 Å². The van der Waals surface area contributed by atoms with E-state index in [2.05, 4.69) is 31.9 Å². The molecule has 0 aromatic heterocycles. The highest BCUT2D eigenvalue weighted by atomic mass is 79.9. The lowest BCUT2D eigenvalue weighted by Crippen LogP contribution is -2.52. The van der Waals surface area contributed by atoms with Gasteiger partial charge < -0.3 is 9.47 Å². The van der Waals surface area contributed by atoms with Gasteiger partial charge in [0.2, 0.25) is 5.75 Å². The Hall–Kier alpha value is -0.730. The summed E-state index contributed by atoms with van der Waals surface area (Å²) in [6.45, 7) is 2.39. The number of hydrogen-bond acceptors (Lipinski definition) is 4. The van der Waals surface area contributed by atoms with Crippen LogP contribution in [-0.4, -0.2) is 28.6 Å². The SMILES string of the molecule is CCOC1C(Br)CC1Oc1c(Br)cc(F)cc1[N+](=O)[O-]. The van der Waals surface area contributed by atoms with Crippen LogP contribution in [0.25, 0.3) is 0 Å². The second kappa shape index (κ2) is 6.36. The largest absolute Gasteiger partial charge is 0.480 e.